The minimum atomic E-state index is 0.380. The third-order valence-electron chi connectivity index (χ3n) is 3.39. The molecule has 3 N–H and O–H groups in total. The SMILES string of the molecule is CCCCCCCCC(CSc1cccc(Cl)c1)NN. The topological polar surface area (TPSA) is 38.0 Å². The Morgan fingerprint density at radius 3 is 2.65 bits per heavy atom. The van der Waals surface area contributed by atoms with Gasteiger partial charge in [-0.15, -0.1) is 11.8 Å². The minimum absolute atomic E-state index is 0.380. The molecule has 2 nitrogen and oxygen atoms in total. The van der Waals surface area contributed by atoms with E-state index in [2.05, 4.69) is 18.4 Å². The van der Waals surface area contributed by atoms with Crippen LogP contribution in [0.1, 0.15) is 51.9 Å². The molecule has 0 radical (unpaired) electrons. The van der Waals surface area contributed by atoms with Crippen LogP contribution in [-0.2, 0) is 0 Å². The average Bonchev–Trinajstić information content (AvgIpc) is 2.46. The highest BCUT2D eigenvalue weighted by atomic mass is 35.5. The summed E-state index contributed by atoms with van der Waals surface area (Å²) in [5, 5.41) is 0.795. The van der Waals surface area contributed by atoms with Gasteiger partial charge in [0.25, 0.3) is 0 Å². The van der Waals surface area contributed by atoms with E-state index in [9.17, 15) is 0 Å². The van der Waals surface area contributed by atoms with Crippen molar-refractivity contribution in [1.82, 2.24) is 5.43 Å². The van der Waals surface area contributed by atoms with E-state index in [1.54, 1.807) is 0 Å². The average molecular weight is 315 g/mol. The summed E-state index contributed by atoms with van der Waals surface area (Å²) < 4.78 is 0. The Hall–Kier alpha value is -0.220. The second-order valence-corrected chi connectivity index (χ2v) is 6.72. The number of halogens is 1. The van der Waals surface area contributed by atoms with Crippen LogP contribution in [0.4, 0.5) is 0 Å². The molecule has 0 amide bonds. The Labute approximate surface area is 132 Å². The van der Waals surface area contributed by atoms with E-state index in [1.165, 1.54) is 43.4 Å². The van der Waals surface area contributed by atoms with Crippen LogP contribution in [0.5, 0.6) is 0 Å². The van der Waals surface area contributed by atoms with Gasteiger partial charge in [-0.3, -0.25) is 11.3 Å². The molecule has 0 fully saturated rings. The van der Waals surface area contributed by atoms with E-state index in [0.29, 0.717) is 6.04 Å². The van der Waals surface area contributed by atoms with Crippen LogP contribution in [0, 0.1) is 0 Å². The zero-order valence-corrected chi connectivity index (χ0v) is 14.0. The summed E-state index contributed by atoms with van der Waals surface area (Å²) in [7, 11) is 0. The summed E-state index contributed by atoms with van der Waals surface area (Å²) in [6, 6.07) is 8.37. The highest BCUT2D eigenvalue weighted by Gasteiger charge is 2.07. The van der Waals surface area contributed by atoms with Crippen LogP contribution in [0.15, 0.2) is 29.2 Å². The Balaban J connectivity index is 2.16. The lowest BCUT2D eigenvalue weighted by Gasteiger charge is -2.15. The lowest BCUT2D eigenvalue weighted by atomic mass is 10.1. The fraction of sp³-hybridized carbons (Fsp3) is 0.625. The van der Waals surface area contributed by atoms with Crippen molar-refractivity contribution >= 4 is 23.4 Å². The molecule has 1 aromatic rings. The van der Waals surface area contributed by atoms with E-state index in [4.69, 9.17) is 17.4 Å². The molecule has 0 saturated carbocycles. The van der Waals surface area contributed by atoms with Gasteiger partial charge in [0, 0.05) is 21.7 Å². The quantitative estimate of drug-likeness (QED) is 0.261. The largest absolute Gasteiger partial charge is 0.271 e. The number of benzene rings is 1. The normalized spacial score (nSPS) is 12.6. The molecule has 0 bridgehead atoms. The van der Waals surface area contributed by atoms with Crippen molar-refractivity contribution in [2.75, 3.05) is 5.75 Å². The summed E-state index contributed by atoms with van der Waals surface area (Å²) in [6.07, 6.45) is 9.12. The van der Waals surface area contributed by atoms with Crippen LogP contribution < -0.4 is 11.3 Å². The predicted molar refractivity (Wildman–Crippen MR) is 91.3 cm³/mol. The molecule has 4 heteroatoms. The van der Waals surface area contributed by atoms with Gasteiger partial charge in [-0.1, -0.05) is 63.1 Å². The van der Waals surface area contributed by atoms with Gasteiger partial charge < -0.3 is 0 Å². The van der Waals surface area contributed by atoms with E-state index in [0.717, 1.165) is 17.2 Å². The van der Waals surface area contributed by atoms with Crippen molar-refractivity contribution in [2.24, 2.45) is 5.84 Å². The van der Waals surface area contributed by atoms with Crippen LogP contribution in [0.3, 0.4) is 0 Å². The minimum Gasteiger partial charge on any atom is -0.271 e. The number of thioether (sulfide) groups is 1. The van der Waals surface area contributed by atoms with Gasteiger partial charge in [0.1, 0.15) is 0 Å². The van der Waals surface area contributed by atoms with Gasteiger partial charge in [0.2, 0.25) is 0 Å². The number of nitrogens with two attached hydrogens (primary N) is 1. The lowest BCUT2D eigenvalue weighted by Crippen LogP contribution is -2.36. The lowest BCUT2D eigenvalue weighted by molar-refractivity contribution is 0.494. The molecular weight excluding hydrogens is 288 g/mol. The van der Waals surface area contributed by atoms with Crippen LogP contribution >= 0.6 is 23.4 Å². The summed E-state index contributed by atoms with van der Waals surface area (Å²) >= 11 is 7.80. The van der Waals surface area contributed by atoms with Gasteiger partial charge in [-0.25, -0.2) is 0 Å². The molecule has 1 aromatic carbocycles. The Morgan fingerprint density at radius 2 is 1.95 bits per heavy atom. The molecule has 0 aliphatic carbocycles. The molecule has 0 aliphatic heterocycles. The van der Waals surface area contributed by atoms with Crippen molar-refractivity contribution in [2.45, 2.75) is 62.8 Å². The molecular formula is C16H27ClN2S. The molecule has 1 unspecified atom stereocenters. The van der Waals surface area contributed by atoms with Crippen LogP contribution in [0.25, 0.3) is 0 Å². The Morgan fingerprint density at radius 1 is 1.20 bits per heavy atom. The maximum atomic E-state index is 5.98. The van der Waals surface area contributed by atoms with Crippen molar-refractivity contribution in [1.29, 1.82) is 0 Å². The van der Waals surface area contributed by atoms with Gasteiger partial charge >= 0.3 is 0 Å². The third kappa shape index (κ3) is 8.15. The van der Waals surface area contributed by atoms with Crippen LogP contribution in [0.2, 0.25) is 5.02 Å². The molecule has 1 rings (SSSR count). The Bertz CT molecular complexity index is 360. The zero-order valence-electron chi connectivity index (χ0n) is 12.4. The van der Waals surface area contributed by atoms with Gasteiger partial charge in [0.05, 0.1) is 0 Å². The third-order valence-corrected chi connectivity index (χ3v) is 4.78. The number of hydrazine groups is 1. The molecule has 0 spiro atoms. The van der Waals surface area contributed by atoms with Gasteiger partial charge in [0.15, 0.2) is 0 Å². The van der Waals surface area contributed by atoms with Crippen molar-refractivity contribution in [3.8, 4) is 0 Å². The van der Waals surface area contributed by atoms with E-state index >= 15 is 0 Å². The number of hydrogen-bond donors (Lipinski definition) is 2. The number of nitrogens with one attached hydrogen (secondary N) is 1. The first-order valence-corrected chi connectivity index (χ1v) is 8.97. The molecule has 1 atom stereocenters. The number of hydrogen-bond acceptors (Lipinski definition) is 3. The first-order chi connectivity index (χ1) is 9.76. The second-order valence-electron chi connectivity index (χ2n) is 5.19. The molecule has 0 saturated heterocycles. The van der Waals surface area contributed by atoms with Gasteiger partial charge in [-0.2, -0.15) is 0 Å². The highest BCUT2D eigenvalue weighted by Crippen LogP contribution is 2.23. The maximum Gasteiger partial charge on any atom is 0.0417 e. The molecule has 0 aliphatic rings. The number of rotatable bonds is 11. The predicted octanol–water partition coefficient (Wildman–Crippen LogP) is 5.01. The standard InChI is InChI=1S/C16H27ClN2S/c1-2-3-4-5-6-7-10-15(19-18)13-20-16-11-8-9-14(17)12-16/h8-9,11-12,15,19H,2-7,10,13,18H2,1H3. The first kappa shape index (κ1) is 17.8. The molecule has 0 heterocycles. The number of unbranched alkanes of at least 4 members (excludes halogenated alkanes) is 5. The summed E-state index contributed by atoms with van der Waals surface area (Å²) in [5.74, 6) is 6.63. The highest BCUT2D eigenvalue weighted by molar-refractivity contribution is 7.99. The smallest absolute Gasteiger partial charge is 0.0417 e. The fourth-order valence-electron chi connectivity index (χ4n) is 2.14. The van der Waals surface area contributed by atoms with Crippen molar-refractivity contribution in [3.05, 3.63) is 29.3 Å². The fourth-order valence-corrected chi connectivity index (χ4v) is 3.44. The first-order valence-electron chi connectivity index (χ1n) is 7.60. The Kier molecular flexibility index (Phi) is 10.2. The van der Waals surface area contributed by atoms with E-state index < -0.39 is 0 Å². The zero-order chi connectivity index (χ0) is 14.6. The second kappa shape index (κ2) is 11.4. The molecule has 0 aromatic heterocycles. The molecule has 20 heavy (non-hydrogen) atoms. The molecule has 114 valence electrons. The summed E-state index contributed by atoms with van der Waals surface area (Å²) in [6.45, 7) is 2.25. The van der Waals surface area contributed by atoms with Crippen LogP contribution in [-0.4, -0.2) is 11.8 Å². The monoisotopic (exact) mass is 314 g/mol. The maximum absolute atomic E-state index is 5.98. The van der Waals surface area contributed by atoms with E-state index in [1.807, 2.05) is 30.0 Å². The van der Waals surface area contributed by atoms with Crippen molar-refractivity contribution in [3.63, 3.8) is 0 Å². The van der Waals surface area contributed by atoms with Crippen molar-refractivity contribution < 1.29 is 0 Å². The summed E-state index contributed by atoms with van der Waals surface area (Å²) in [5.41, 5.74) is 2.94. The van der Waals surface area contributed by atoms with Gasteiger partial charge in [-0.05, 0) is 24.6 Å². The summed E-state index contributed by atoms with van der Waals surface area (Å²) in [4.78, 5) is 1.21. The van der Waals surface area contributed by atoms with E-state index in [-0.39, 0.29) is 0 Å².